The van der Waals surface area contributed by atoms with Crippen LogP contribution in [0.5, 0.6) is 0 Å². The van der Waals surface area contributed by atoms with Crippen LogP contribution in [0.3, 0.4) is 0 Å². The Morgan fingerprint density at radius 1 is 0.345 bits per heavy atom. The zero-order valence-electron chi connectivity index (χ0n) is 56.6. The fourth-order valence-corrected chi connectivity index (χ4v) is 14.4. The zero-order valence-corrected chi connectivity index (χ0v) is 52.4. The number of fused-ring (bicyclic) bond motifs is 7. The highest BCUT2D eigenvalue weighted by molar-refractivity contribution is 7.26. The number of rotatable bonds is 6. The van der Waals surface area contributed by atoms with Gasteiger partial charge in [0.15, 0.2) is 0 Å². The molecule has 2 nitrogen and oxygen atoms in total. The largest absolute Gasteiger partial charge is 0.310 e. The van der Waals surface area contributed by atoms with Crippen molar-refractivity contribution in [2.45, 2.75) is 131 Å². The van der Waals surface area contributed by atoms with Gasteiger partial charge in [0.05, 0.1) is 22.9 Å². The van der Waals surface area contributed by atoms with Crippen molar-refractivity contribution in [3.63, 3.8) is 0 Å². The summed E-state index contributed by atoms with van der Waals surface area (Å²) in [6.45, 7) is 34.2. The molecular formula is C80H79BN2S. The predicted molar refractivity (Wildman–Crippen MR) is 369 cm³/mol. The molecule has 11 aromatic rings. The summed E-state index contributed by atoms with van der Waals surface area (Å²) >= 11 is 1.89. The van der Waals surface area contributed by atoms with Crippen molar-refractivity contribution in [3.8, 4) is 44.5 Å². The van der Waals surface area contributed by atoms with Gasteiger partial charge in [-0.05, 0) is 147 Å². The van der Waals surface area contributed by atoms with Gasteiger partial charge in [-0.3, -0.25) is 0 Å². The number of hydrogen-bond donors (Lipinski definition) is 0. The number of hydrogen-bond acceptors (Lipinski definition) is 3. The smallest absolute Gasteiger partial charge is 0.252 e. The number of thiophene rings is 1. The molecule has 0 atom stereocenters. The van der Waals surface area contributed by atoms with E-state index in [1.54, 1.807) is 0 Å². The van der Waals surface area contributed by atoms with Gasteiger partial charge in [0.1, 0.15) is 0 Å². The highest BCUT2D eigenvalue weighted by Crippen LogP contribution is 2.54. The van der Waals surface area contributed by atoms with Gasteiger partial charge in [0.25, 0.3) is 6.71 Å². The normalized spacial score (nSPS) is 14.4. The van der Waals surface area contributed by atoms with Crippen molar-refractivity contribution >= 4 is 88.7 Å². The molecule has 1 aromatic heterocycles. The molecule has 2 aliphatic rings. The molecular weight excluding hydrogens is 1030 g/mol. The molecule has 0 bridgehead atoms. The van der Waals surface area contributed by atoms with E-state index in [-0.39, 0.29) is 63.5 Å². The van der Waals surface area contributed by atoms with Gasteiger partial charge in [-0.25, -0.2) is 0 Å². The molecule has 0 saturated carbocycles. The maximum absolute atomic E-state index is 9.46. The van der Waals surface area contributed by atoms with Crippen molar-refractivity contribution in [1.82, 2.24) is 0 Å². The van der Waals surface area contributed by atoms with Crippen LogP contribution < -0.4 is 26.2 Å². The Morgan fingerprint density at radius 3 is 1.43 bits per heavy atom. The van der Waals surface area contributed by atoms with Gasteiger partial charge in [0, 0.05) is 49.3 Å². The van der Waals surface area contributed by atoms with E-state index in [0.29, 0.717) is 5.56 Å². The van der Waals surface area contributed by atoms with Crippen LogP contribution in [0.25, 0.3) is 64.7 Å². The second-order valence-corrected chi connectivity index (χ2v) is 29.7. The van der Waals surface area contributed by atoms with Gasteiger partial charge in [-0.1, -0.05) is 268 Å². The first kappa shape index (κ1) is 49.5. The van der Waals surface area contributed by atoms with Gasteiger partial charge in [0.2, 0.25) is 0 Å². The van der Waals surface area contributed by atoms with Crippen LogP contribution in [0.15, 0.2) is 206 Å². The molecule has 0 spiro atoms. The maximum Gasteiger partial charge on any atom is 0.252 e. The summed E-state index contributed by atoms with van der Waals surface area (Å²) in [5.74, 6) is 0. The molecule has 4 heteroatoms. The fourth-order valence-electron chi connectivity index (χ4n) is 12.9. The lowest BCUT2D eigenvalue weighted by atomic mass is 9.33. The van der Waals surface area contributed by atoms with Crippen molar-refractivity contribution in [2.24, 2.45) is 0 Å². The first-order chi connectivity index (χ1) is 41.9. The van der Waals surface area contributed by atoms with E-state index in [1.807, 2.05) is 17.4 Å². The van der Waals surface area contributed by atoms with E-state index in [0.717, 1.165) is 83.9 Å². The first-order valence-electron chi connectivity index (χ1n) is 32.4. The molecule has 0 amide bonds. The second kappa shape index (κ2) is 19.9. The van der Waals surface area contributed by atoms with Gasteiger partial charge in [-0.15, -0.1) is 11.3 Å². The molecule has 418 valence electrons. The molecule has 84 heavy (non-hydrogen) atoms. The molecule has 0 unspecified atom stereocenters. The molecule has 0 N–H and O–H groups in total. The summed E-state index contributed by atoms with van der Waals surface area (Å²) in [4.78, 5) is 5.12. The topological polar surface area (TPSA) is 6.48 Å². The summed E-state index contributed by atoms with van der Waals surface area (Å²) < 4.78 is 48.1. The molecule has 10 aromatic carbocycles. The van der Waals surface area contributed by atoms with E-state index < -0.39 is 6.04 Å². The molecule has 0 fully saturated rings. The summed E-state index contributed by atoms with van der Waals surface area (Å²) in [5.41, 5.74) is 22.2. The van der Waals surface area contributed by atoms with Crippen molar-refractivity contribution < 1.29 is 6.85 Å². The van der Waals surface area contributed by atoms with Crippen LogP contribution >= 0.6 is 11.3 Å². The summed E-state index contributed by atoms with van der Waals surface area (Å²) in [6.07, 6.45) is 0. The monoisotopic (exact) mass is 1120 g/mol. The molecule has 0 aliphatic carbocycles. The number of benzene rings is 10. The minimum absolute atomic E-state index is 0.0961. The molecule has 0 saturated heterocycles. The predicted octanol–water partition coefficient (Wildman–Crippen LogP) is 21.3. The van der Waals surface area contributed by atoms with E-state index in [9.17, 15) is 2.74 Å². The molecule has 2 aliphatic heterocycles. The Bertz CT molecular complexity index is 4580. The Labute approximate surface area is 512 Å². The van der Waals surface area contributed by atoms with Crippen LogP contribution in [0.2, 0.25) is 0 Å². The molecule has 13 rings (SSSR count). The van der Waals surface area contributed by atoms with Gasteiger partial charge < -0.3 is 9.80 Å². The van der Waals surface area contributed by atoms with Crippen molar-refractivity contribution in [3.05, 3.63) is 234 Å². The second-order valence-electron chi connectivity index (χ2n) is 28.7. The first-order valence-corrected chi connectivity index (χ1v) is 30.8. The number of anilines is 6. The van der Waals surface area contributed by atoms with E-state index >= 15 is 0 Å². The average molecular weight is 1120 g/mol. The van der Waals surface area contributed by atoms with Crippen LogP contribution in [0.1, 0.15) is 139 Å². The lowest BCUT2D eigenvalue weighted by molar-refractivity contribution is 0.569. The third-order valence-electron chi connectivity index (χ3n) is 17.6. The van der Waals surface area contributed by atoms with Crippen molar-refractivity contribution in [1.29, 1.82) is 0 Å². The summed E-state index contributed by atoms with van der Waals surface area (Å²) in [5, 5.41) is 2.47. The third kappa shape index (κ3) is 9.50. The fraction of sp³-hybridized carbons (Fsp3) is 0.250. The van der Waals surface area contributed by atoms with E-state index in [1.165, 1.54) is 48.0 Å². The van der Waals surface area contributed by atoms with Gasteiger partial charge in [-0.2, -0.15) is 0 Å². The molecule has 3 heterocycles. The van der Waals surface area contributed by atoms with Crippen LogP contribution in [-0.4, -0.2) is 6.71 Å². The van der Waals surface area contributed by atoms with E-state index in [4.69, 9.17) is 4.11 Å². The average Bonchev–Trinajstić information content (AvgIpc) is 1.53. The van der Waals surface area contributed by atoms with Crippen molar-refractivity contribution in [2.75, 3.05) is 9.80 Å². The SMILES string of the molecule is [2H]c1c([2H])c([2H])c(-c2ccc3c(c2)B2c4ccc(-c5cc(C(C)(C)C)cc(C(C)(C)C)c5)cc4N(c4cccc5c4sc4c(C(C)(C)C)cccc45)c4cc(C(C)(C)C)cc(c42)N3c2c(-c3ccccc3)cc(C(C)(C)C)cc2-c2ccccc2)c([2H])c1[2H]. The quantitative estimate of drug-likeness (QED) is 0.153. The lowest BCUT2D eigenvalue weighted by Gasteiger charge is -2.46. The molecule has 0 radical (unpaired) electrons. The highest BCUT2D eigenvalue weighted by atomic mass is 32.1. The Balaban J connectivity index is 1.23. The Morgan fingerprint density at radius 2 is 0.857 bits per heavy atom. The summed E-state index contributed by atoms with van der Waals surface area (Å²) in [7, 11) is 0. The van der Waals surface area contributed by atoms with Crippen LogP contribution in [-0.2, 0) is 27.1 Å². The van der Waals surface area contributed by atoms with Crippen LogP contribution in [0.4, 0.5) is 34.1 Å². The highest BCUT2D eigenvalue weighted by Gasteiger charge is 2.46. The summed E-state index contributed by atoms with van der Waals surface area (Å²) in [6, 6.07) is 64.1. The maximum atomic E-state index is 9.46. The Hall–Kier alpha value is -7.92. The standard InChI is InChI=1S/C80H79BN2S/c1-76(2,3)56-41-55(42-57(45-56)77(4,5)6)54-37-39-65-69(44-54)82(68-36-26-34-61-60-33-25-35-64(80(13,14)15)74(60)84-75(61)68)70-48-59(79(10,11)12)49-71-72(70)81(65)66-43-53(50-27-19-16-20-28-50)38-40-67(66)83(71)73-62(51-29-21-17-22-30-51)46-58(78(7,8)9)47-63(73)52-31-23-18-24-32-52/h16-49H,1-15H3/i16D,19D,20D,27D,28D. The minimum Gasteiger partial charge on any atom is -0.310 e. The number of nitrogens with zero attached hydrogens (tertiary/aromatic N) is 2. The Kier molecular flexibility index (Phi) is 11.7. The van der Waals surface area contributed by atoms with Crippen LogP contribution in [0, 0.1) is 0 Å². The lowest BCUT2D eigenvalue weighted by Crippen LogP contribution is -2.61. The minimum atomic E-state index is -0.412. The third-order valence-corrected chi connectivity index (χ3v) is 18.9. The zero-order chi connectivity index (χ0) is 63.3. The van der Waals surface area contributed by atoms with Gasteiger partial charge >= 0.3 is 0 Å². The van der Waals surface area contributed by atoms with E-state index in [2.05, 4.69) is 284 Å².